The number of hydrogen-bond acceptors (Lipinski definition) is 7. The molecule has 9 nitrogen and oxygen atoms in total. The normalized spacial score (nSPS) is 11.7. The second kappa shape index (κ2) is 9.87. The number of carboxylic acid groups (broad SMARTS) is 1. The van der Waals surface area contributed by atoms with Crippen molar-refractivity contribution >= 4 is 23.6 Å². The lowest BCUT2D eigenvalue weighted by Crippen LogP contribution is -2.46. The summed E-state index contributed by atoms with van der Waals surface area (Å²) in [4.78, 5) is 45.2. The number of benzene rings is 1. The quantitative estimate of drug-likeness (QED) is 0.203. The van der Waals surface area contributed by atoms with Crippen LogP contribution in [0.15, 0.2) is 42.5 Å². The number of ether oxygens (including phenoxy) is 1. The van der Waals surface area contributed by atoms with Crippen LogP contribution in [0, 0.1) is 0 Å². The Labute approximate surface area is 136 Å². The Bertz CT molecular complexity index is 628. The molecule has 4 N–H and O–H groups in total. The summed E-state index contributed by atoms with van der Waals surface area (Å²) < 4.78 is 4.77. The first kappa shape index (κ1) is 19.0. The van der Waals surface area contributed by atoms with Gasteiger partial charge in [0.15, 0.2) is 0 Å². The number of aliphatic carboxylic acids is 1. The van der Waals surface area contributed by atoms with Crippen LogP contribution in [-0.4, -0.2) is 46.5 Å². The van der Waals surface area contributed by atoms with Gasteiger partial charge in [-0.15, -0.1) is 0 Å². The maximum atomic E-state index is 11.5. The van der Waals surface area contributed by atoms with Crippen molar-refractivity contribution in [3.05, 3.63) is 48.0 Å². The zero-order valence-corrected chi connectivity index (χ0v) is 12.5. The van der Waals surface area contributed by atoms with Crippen molar-refractivity contribution in [2.45, 2.75) is 12.6 Å². The molecule has 0 saturated heterocycles. The number of esters is 1. The van der Waals surface area contributed by atoms with Crippen LogP contribution in [0.4, 0.5) is 0 Å². The first-order chi connectivity index (χ1) is 11.4. The molecule has 0 unspecified atom stereocenters. The van der Waals surface area contributed by atoms with Gasteiger partial charge in [-0.05, 0) is 11.6 Å². The Morgan fingerprint density at radius 3 is 2.38 bits per heavy atom. The molecule has 0 bridgehead atoms. The van der Waals surface area contributed by atoms with Crippen LogP contribution in [0.5, 0.6) is 0 Å². The number of nitrogens with one attached hydrogen (secondary N) is 2. The molecule has 128 valence electrons. The van der Waals surface area contributed by atoms with E-state index in [0.717, 1.165) is 0 Å². The molecular weight excluding hydrogens is 320 g/mol. The van der Waals surface area contributed by atoms with Crippen LogP contribution < -0.4 is 10.8 Å². The topological polar surface area (TPSA) is 142 Å². The molecule has 0 spiro atoms. The van der Waals surface area contributed by atoms with Crippen molar-refractivity contribution in [2.75, 3.05) is 6.54 Å². The molecule has 0 radical (unpaired) electrons. The van der Waals surface area contributed by atoms with E-state index in [4.69, 9.17) is 15.1 Å². The van der Waals surface area contributed by atoms with E-state index in [1.54, 1.807) is 35.8 Å². The molecule has 1 aromatic rings. The van der Waals surface area contributed by atoms with Gasteiger partial charge in [0.2, 0.25) is 5.91 Å². The third-order valence-corrected chi connectivity index (χ3v) is 2.71. The van der Waals surface area contributed by atoms with Crippen LogP contribution in [-0.2, 0) is 30.5 Å². The number of carbonyl (C=O) groups is 4. The molecular formula is C15H16N2O7. The fourth-order valence-electron chi connectivity index (χ4n) is 1.52. The van der Waals surface area contributed by atoms with Crippen LogP contribution in [0.3, 0.4) is 0 Å². The van der Waals surface area contributed by atoms with Crippen molar-refractivity contribution < 1.29 is 34.2 Å². The first-order valence-corrected chi connectivity index (χ1v) is 6.77. The van der Waals surface area contributed by atoms with Crippen molar-refractivity contribution in [3.63, 3.8) is 0 Å². The van der Waals surface area contributed by atoms with Crippen LogP contribution in [0.1, 0.15) is 5.56 Å². The van der Waals surface area contributed by atoms with E-state index in [1.165, 1.54) is 0 Å². The van der Waals surface area contributed by atoms with Gasteiger partial charge in [0, 0.05) is 6.08 Å². The molecule has 0 aliphatic heterocycles. The molecule has 1 aromatic carbocycles. The standard InChI is InChI=1S/C15H16N2O7/c18-12(15(22)24-9-10-4-2-1-3-5-10)6-7-13(19)17-11(8-16-23)14(20)21/h1-7,11,16,23H,8-9H2,(H,17,19)(H,20,21)/b7-6+/t11-/m1/s1. The minimum atomic E-state index is -1.40. The van der Waals surface area contributed by atoms with E-state index in [1.807, 2.05) is 5.32 Å². The highest BCUT2D eigenvalue weighted by Gasteiger charge is 2.19. The van der Waals surface area contributed by atoms with Crippen LogP contribution in [0.2, 0.25) is 0 Å². The zero-order chi connectivity index (χ0) is 17.9. The van der Waals surface area contributed by atoms with Gasteiger partial charge in [0.05, 0.1) is 6.54 Å². The maximum Gasteiger partial charge on any atom is 0.379 e. The van der Waals surface area contributed by atoms with Crippen LogP contribution in [0.25, 0.3) is 0 Å². The molecule has 1 rings (SSSR count). The molecule has 0 heterocycles. The number of rotatable bonds is 9. The van der Waals surface area contributed by atoms with Crippen molar-refractivity contribution in [2.24, 2.45) is 0 Å². The minimum absolute atomic E-state index is 0.0886. The van der Waals surface area contributed by atoms with Gasteiger partial charge in [-0.25, -0.2) is 15.1 Å². The smallest absolute Gasteiger partial charge is 0.379 e. The van der Waals surface area contributed by atoms with Gasteiger partial charge in [0.25, 0.3) is 5.78 Å². The minimum Gasteiger partial charge on any atom is -0.480 e. The Kier molecular flexibility index (Phi) is 7.82. The van der Waals surface area contributed by atoms with E-state index in [2.05, 4.69) is 0 Å². The van der Waals surface area contributed by atoms with Crippen LogP contribution >= 0.6 is 0 Å². The van der Waals surface area contributed by atoms with Gasteiger partial charge in [-0.3, -0.25) is 9.59 Å². The van der Waals surface area contributed by atoms with Crippen molar-refractivity contribution in [3.8, 4) is 0 Å². The lowest BCUT2D eigenvalue weighted by atomic mass is 10.2. The number of amides is 1. The highest BCUT2D eigenvalue weighted by molar-refractivity contribution is 6.38. The average Bonchev–Trinajstić information content (AvgIpc) is 2.57. The number of hydroxylamine groups is 1. The fraction of sp³-hybridized carbons (Fsp3) is 0.200. The second-order valence-electron chi connectivity index (χ2n) is 4.52. The SMILES string of the molecule is O=C(/C=C/C(=O)C(=O)OCc1ccccc1)N[C@H](CNO)C(=O)O. The van der Waals surface area contributed by atoms with E-state index < -0.39 is 36.2 Å². The van der Waals surface area contributed by atoms with Gasteiger partial charge in [-0.1, -0.05) is 30.3 Å². The predicted molar refractivity (Wildman–Crippen MR) is 79.7 cm³/mol. The van der Waals surface area contributed by atoms with Crippen molar-refractivity contribution in [1.29, 1.82) is 0 Å². The zero-order valence-electron chi connectivity index (χ0n) is 12.5. The lowest BCUT2D eigenvalue weighted by molar-refractivity contribution is -0.152. The Morgan fingerprint density at radius 2 is 1.79 bits per heavy atom. The largest absolute Gasteiger partial charge is 0.480 e. The summed E-state index contributed by atoms with van der Waals surface area (Å²) in [7, 11) is 0. The summed E-state index contributed by atoms with van der Waals surface area (Å²) in [5.74, 6) is -4.50. The highest BCUT2D eigenvalue weighted by atomic mass is 16.5. The summed E-state index contributed by atoms with van der Waals surface area (Å²) in [6, 6.07) is 7.30. The predicted octanol–water partition coefficient (Wildman–Crippen LogP) is -0.597. The molecule has 9 heteroatoms. The maximum absolute atomic E-state index is 11.5. The Hall–Kier alpha value is -3.04. The Balaban J connectivity index is 2.47. The monoisotopic (exact) mass is 336 g/mol. The molecule has 0 aliphatic rings. The van der Waals surface area contributed by atoms with E-state index in [-0.39, 0.29) is 6.61 Å². The molecule has 0 fully saturated rings. The molecule has 1 atom stereocenters. The number of ketones is 1. The molecule has 0 aliphatic carbocycles. The number of carbonyl (C=O) groups excluding carboxylic acids is 3. The third-order valence-electron chi connectivity index (χ3n) is 2.71. The van der Waals surface area contributed by atoms with E-state index >= 15 is 0 Å². The van der Waals surface area contributed by atoms with Gasteiger partial charge >= 0.3 is 11.9 Å². The lowest BCUT2D eigenvalue weighted by Gasteiger charge is -2.11. The Morgan fingerprint density at radius 1 is 1.12 bits per heavy atom. The summed E-state index contributed by atoms with van der Waals surface area (Å²) in [5.41, 5.74) is 2.30. The first-order valence-electron chi connectivity index (χ1n) is 6.77. The van der Waals surface area contributed by atoms with Gasteiger partial charge in [0.1, 0.15) is 12.6 Å². The van der Waals surface area contributed by atoms with E-state index in [0.29, 0.717) is 17.7 Å². The fourth-order valence-corrected chi connectivity index (χ4v) is 1.52. The average molecular weight is 336 g/mol. The number of hydrogen-bond donors (Lipinski definition) is 4. The summed E-state index contributed by atoms with van der Waals surface area (Å²) in [6.07, 6.45) is 1.38. The number of carboxylic acids is 1. The van der Waals surface area contributed by atoms with Gasteiger partial charge < -0.3 is 20.4 Å². The molecule has 0 aromatic heterocycles. The molecule has 0 saturated carbocycles. The second-order valence-corrected chi connectivity index (χ2v) is 4.52. The molecule has 24 heavy (non-hydrogen) atoms. The molecule has 1 amide bonds. The van der Waals surface area contributed by atoms with Crippen molar-refractivity contribution in [1.82, 2.24) is 10.8 Å². The van der Waals surface area contributed by atoms with Gasteiger partial charge in [-0.2, -0.15) is 0 Å². The van der Waals surface area contributed by atoms with E-state index in [9.17, 15) is 19.2 Å². The summed E-state index contributed by atoms with van der Waals surface area (Å²) >= 11 is 0. The summed E-state index contributed by atoms with van der Waals surface area (Å²) in [5, 5.41) is 19.2. The highest BCUT2D eigenvalue weighted by Crippen LogP contribution is 2.01. The summed E-state index contributed by atoms with van der Waals surface area (Å²) in [6.45, 7) is -0.517. The third kappa shape index (κ3) is 6.81.